The average Bonchev–Trinajstić information content (AvgIpc) is 2.15. The summed E-state index contributed by atoms with van der Waals surface area (Å²) in [7, 11) is 0. The van der Waals surface area contributed by atoms with Crippen LogP contribution in [0.5, 0.6) is 0 Å². The van der Waals surface area contributed by atoms with E-state index >= 15 is 0 Å². The Morgan fingerprint density at radius 3 is 2.19 bits per heavy atom. The molecule has 0 unspecified atom stereocenters. The lowest BCUT2D eigenvalue weighted by molar-refractivity contribution is -0.401. The fourth-order valence-corrected chi connectivity index (χ4v) is 1.15. The van der Waals surface area contributed by atoms with Crippen LogP contribution in [0.2, 0.25) is 0 Å². The Morgan fingerprint density at radius 2 is 1.81 bits per heavy atom. The van der Waals surface area contributed by atoms with Gasteiger partial charge in [-0.3, -0.25) is 10.1 Å². The summed E-state index contributed by atoms with van der Waals surface area (Å²) in [5, 5.41) is 10.2. The van der Waals surface area contributed by atoms with Crippen LogP contribution in [0.1, 0.15) is 18.1 Å². The van der Waals surface area contributed by atoms with Gasteiger partial charge in [0.1, 0.15) is 0 Å². The summed E-state index contributed by atoms with van der Waals surface area (Å²) in [5.41, 5.74) is -0.0754. The van der Waals surface area contributed by atoms with Crippen LogP contribution in [0.3, 0.4) is 0 Å². The zero-order chi connectivity index (χ0) is 12.3. The van der Waals surface area contributed by atoms with Gasteiger partial charge in [-0.25, -0.2) is 0 Å². The molecule has 0 saturated carbocycles. The molecule has 0 atom stereocenters. The predicted octanol–water partition coefficient (Wildman–Crippen LogP) is 3.34. The second-order valence-corrected chi connectivity index (χ2v) is 3.17. The number of allylic oxidation sites excluding steroid dienone is 1. The van der Waals surface area contributed by atoms with E-state index in [0.717, 1.165) is 18.3 Å². The SMILES string of the molecule is C/C(=C\[N+](=O)[O-])c1ccc(C(F)(F)F)cc1. The van der Waals surface area contributed by atoms with Crippen LogP contribution >= 0.6 is 0 Å². The number of benzene rings is 1. The van der Waals surface area contributed by atoms with Crippen LogP contribution in [0, 0.1) is 10.1 Å². The van der Waals surface area contributed by atoms with E-state index in [0.29, 0.717) is 11.1 Å². The largest absolute Gasteiger partial charge is 0.416 e. The molecule has 0 radical (unpaired) electrons. The van der Waals surface area contributed by atoms with E-state index in [1.165, 1.54) is 19.1 Å². The number of halogens is 3. The molecular weight excluding hydrogens is 223 g/mol. The van der Waals surface area contributed by atoms with Crippen molar-refractivity contribution < 1.29 is 18.1 Å². The molecule has 3 nitrogen and oxygen atoms in total. The Morgan fingerprint density at radius 1 is 1.31 bits per heavy atom. The number of alkyl halides is 3. The minimum absolute atomic E-state index is 0.304. The third kappa shape index (κ3) is 3.08. The van der Waals surface area contributed by atoms with Crippen LogP contribution in [-0.2, 0) is 6.18 Å². The van der Waals surface area contributed by atoms with Crippen molar-refractivity contribution in [3.63, 3.8) is 0 Å². The standard InChI is InChI=1S/C10H8F3NO2/c1-7(6-14(15)16)8-2-4-9(5-3-8)10(11,12)13/h2-6H,1H3/b7-6+. The van der Waals surface area contributed by atoms with Crippen molar-refractivity contribution in [2.75, 3.05) is 0 Å². The van der Waals surface area contributed by atoms with Crippen molar-refractivity contribution in [1.82, 2.24) is 0 Å². The molecule has 0 saturated heterocycles. The summed E-state index contributed by atoms with van der Waals surface area (Å²) in [6.07, 6.45) is -3.64. The number of nitro groups is 1. The fraction of sp³-hybridized carbons (Fsp3) is 0.200. The molecule has 0 bridgehead atoms. The number of hydrogen-bond donors (Lipinski definition) is 0. The molecule has 0 spiro atoms. The maximum Gasteiger partial charge on any atom is 0.416 e. The van der Waals surface area contributed by atoms with Crippen LogP contribution < -0.4 is 0 Å². The molecule has 0 fully saturated rings. The molecule has 0 aliphatic heterocycles. The third-order valence-electron chi connectivity index (χ3n) is 1.97. The first-order valence-electron chi connectivity index (χ1n) is 4.30. The van der Waals surface area contributed by atoms with Gasteiger partial charge in [0.25, 0.3) is 0 Å². The minimum Gasteiger partial charge on any atom is -0.259 e. The lowest BCUT2D eigenvalue weighted by Crippen LogP contribution is -2.04. The summed E-state index contributed by atoms with van der Waals surface area (Å²) >= 11 is 0. The highest BCUT2D eigenvalue weighted by molar-refractivity contribution is 5.62. The van der Waals surface area contributed by atoms with E-state index in [9.17, 15) is 23.3 Å². The Labute approximate surface area is 89.4 Å². The molecule has 1 rings (SSSR count). The van der Waals surface area contributed by atoms with Gasteiger partial charge < -0.3 is 0 Å². The van der Waals surface area contributed by atoms with E-state index in [-0.39, 0.29) is 0 Å². The smallest absolute Gasteiger partial charge is 0.259 e. The fourth-order valence-electron chi connectivity index (χ4n) is 1.15. The van der Waals surface area contributed by atoms with Crippen LogP contribution in [0.4, 0.5) is 13.2 Å². The topological polar surface area (TPSA) is 43.1 Å². The van der Waals surface area contributed by atoms with Gasteiger partial charge in [0.2, 0.25) is 6.20 Å². The van der Waals surface area contributed by atoms with Gasteiger partial charge in [0.15, 0.2) is 0 Å². The third-order valence-corrected chi connectivity index (χ3v) is 1.97. The maximum absolute atomic E-state index is 12.2. The van der Waals surface area contributed by atoms with Crippen molar-refractivity contribution >= 4 is 5.57 Å². The Hall–Kier alpha value is -1.85. The van der Waals surface area contributed by atoms with Gasteiger partial charge in [-0.15, -0.1) is 0 Å². The molecule has 0 aliphatic rings. The molecule has 0 N–H and O–H groups in total. The Kier molecular flexibility index (Phi) is 3.31. The maximum atomic E-state index is 12.2. The molecule has 6 heteroatoms. The lowest BCUT2D eigenvalue weighted by atomic mass is 10.1. The van der Waals surface area contributed by atoms with Gasteiger partial charge in [-0.2, -0.15) is 13.2 Å². The molecule has 1 aromatic rings. The first-order chi connectivity index (χ1) is 7.30. The van der Waals surface area contributed by atoms with Crippen molar-refractivity contribution in [3.8, 4) is 0 Å². The van der Waals surface area contributed by atoms with E-state index in [4.69, 9.17) is 0 Å². The highest BCUT2D eigenvalue weighted by Gasteiger charge is 2.29. The molecule has 0 aromatic heterocycles. The van der Waals surface area contributed by atoms with Gasteiger partial charge in [0.05, 0.1) is 10.5 Å². The number of rotatable bonds is 2. The molecule has 16 heavy (non-hydrogen) atoms. The summed E-state index contributed by atoms with van der Waals surface area (Å²) in [6.45, 7) is 1.46. The van der Waals surface area contributed by atoms with Gasteiger partial charge in [0, 0.05) is 5.57 Å². The van der Waals surface area contributed by atoms with Gasteiger partial charge in [-0.1, -0.05) is 12.1 Å². The van der Waals surface area contributed by atoms with Gasteiger partial charge in [-0.05, 0) is 24.6 Å². The molecule has 1 aromatic carbocycles. The van der Waals surface area contributed by atoms with Crippen LogP contribution in [0.25, 0.3) is 5.57 Å². The van der Waals surface area contributed by atoms with Crippen molar-refractivity contribution in [2.24, 2.45) is 0 Å². The summed E-state index contributed by atoms with van der Waals surface area (Å²) in [5.74, 6) is 0. The van der Waals surface area contributed by atoms with E-state index < -0.39 is 16.7 Å². The minimum atomic E-state index is -4.39. The highest BCUT2D eigenvalue weighted by atomic mass is 19.4. The monoisotopic (exact) mass is 231 g/mol. The van der Waals surface area contributed by atoms with Crippen molar-refractivity contribution in [3.05, 3.63) is 51.7 Å². The lowest BCUT2D eigenvalue weighted by Gasteiger charge is -2.06. The Balaban J connectivity index is 3.00. The molecule has 0 amide bonds. The molecule has 0 heterocycles. The highest BCUT2D eigenvalue weighted by Crippen LogP contribution is 2.29. The van der Waals surface area contributed by atoms with E-state index in [2.05, 4.69) is 0 Å². The van der Waals surface area contributed by atoms with Crippen molar-refractivity contribution in [1.29, 1.82) is 0 Å². The second kappa shape index (κ2) is 4.34. The molecular formula is C10H8F3NO2. The van der Waals surface area contributed by atoms with Crippen molar-refractivity contribution in [2.45, 2.75) is 13.1 Å². The molecule has 0 aliphatic carbocycles. The second-order valence-electron chi connectivity index (χ2n) is 3.17. The summed E-state index contributed by atoms with van der Waals surface area (Å²) < 4.78 is 36.6. The zero-order valence-corrected chi connectivity index (χ0v) is 8.28. The Bertz CT molecular complexity index is 421. The zero-order valence-electron chi connectivity index (χ0n) is 8.28. The first kappa shape index (κ1) is 12.2. The van der Waals surface area contributed by atoms with Crippen LogP contribution in [0.15, 0.2) is 30.5 Å². The number of hydrogen-bond acceptors (Lipinski definition) is 2. The predicted molar refractivity (Wildman–Crippen MR) is 52.1 cm³/mol. The number of nitrogens with zero attached hydrogens (tertiary/aromatic N) is 1. The molecule has 86 valence electrons. The summed E-state index contributed by atoms with van der Waals surface area (Å²) in [4.78, 5) is 9.51. The van der Waals surface area contributed by atoms with E-state index in [1.54, 1.807) is 0 Å². The van der Waals surface area contributed by atoms with Crippen LogP contribution in [-0.4, -0.2) is 4.92 Å². The van der Waals surface area contributed by atoms with Gasteiger partial charge >= 0.3 is 6.18 Å². The summed E-state index contributed by atoms with van der Waals surface area (Å²) in [6, 6.07) is 4.20. The first-order valence-corrected chi connectivity index (χ1v) is 4.30. The average molecular weight is 231 g/mol. The van der Waals surface area contributed by atoms with E-state index in [1.807, 2.05) is 0 Å². The normalized spacial score (nSPS) is 12.6. The quantitative estimate of drug-likeness (QED) is 0.578.